The number of aliphatic hydroxyl groups is 1. The number of nitrogens with zero attached hydrogens (tertiary/aromatic N) is 3. The second-order valence-electron chi connectivity index (χ2n) is 7.79. The summed E-state index contributed by atoms with van der Waals surface area (Å²) in [6.07, 6.45) is 1.55. The molecule has 0 spiro atoms. The molecule has 1 aliphatic heterocycles. The van der Waals surface area contributed by atoms with E-state index in [0.29, 0.717) is 32.7 Å². The number of nitrogens with one attached hydrogen (secondary N) is 1. The lowest BCUT2D eigenvalue weighted by atomic mass is 9.98. The predicted molar refractivity (Wildman–Crippen MR) is 126 cm³/mol. The smallest absolute Gasteiger partial charge is 0.296 e. The summed E-state index contributed by atoms with van der Waals surface area (Å²) >= 11 is 6.05. The van der Waals surface area contributed by atoms with Crippen LogP contribution in [0.25, 0.3) is 22.0 Å². The van der Waals surface area contributed by atoms with E-state index in [9.17, 15) is 14.7 Å². The van der Waals surface area contributed by atoms with Crippen LogP contribution in [0.1, 0.15) is 22.3 Å². The van der Waals surface area contributed by atoms with E-state index in [1.807, 2.05) is 18.2 Å². The third kappa shape index (κ3) is 3.07. The molecule has 2 aromatic carbocycles. The molecular weight excluding hydrogens is 456 g/mol. The van der Waals surface area contributed by atoms with Crippen molar-refractivity contribution in [2.75, 3.05) is 4.90 Å². The van der Waals surface area contributed by atoms with Crippen molar-refractivity contribution in [1.82, 2.24) is 15.0 Å². The average molecular weight is 471 g/mol. The number of hydrogen-bond donors (Lipinski definition) is 2. The van der Waals surface area contributed by atoms with Crippen molar-refractivity contribution >= 4 is 51.2 Å². The number of imidazole rings is 1. The van der Waals surface area contributed by atoms with Gasteiger partial charge in [-0.15, -0.1) is 0 Å². The van der Waals surface area contributed by atoms with Crippen molar-refractivity contribution in [3.8, 4) is 0 Å². The van der Waals surface area contributed by atoms with Crippen molar-refractivity contribution in [3.05, 3.63) is 101 Å². The fourth-order valence-corrected chi connectivity index (χ4v) is 4.37. The van der Waals surface area contributed by atoms with Gasteiger partial charge in [0.1, 0.15) is 11.6 Å². The zero-order valence-electron chi connectivity index (χ0n) is 17.4. The van der Waals surface area contributed by atoms with Crippen molar-refractivity contribution in [3.63, 3.8) is 0 Å². The highest BCUT2D eigenvalue weighted by Crippen LogP contribution is 2.41. The van der Waals surface area contributed by atoms with E-state index in [1.54, 1.807) is 48.7 Å². The summed E-state index contributed by atoms with van der Waals surface area (Å²) in [7, 11) is 0. The molecule has 0 radical (unpaired) electrons. The Labute approximate surface area is 197 Å². The van der Waals surface area contributed by atoms with Crippen LogP contribution >= 0.6 is 11.6 Å². The lowest BCUT2D eigenvalue weighted by molar-refractivity contribution is -0.117. The number of amides is 1. The number of furan rings is 1. The summed E-state index contributed by atoms with van der Waals surface area (Å²) in [6, 6.07) is 17.9. The molecule has 5 aromatic rings. The van der Waals surface area contributed by atoms with Crippen LogP contribution < -0.4 is 4.90 Å². The quantitative estimate of drug-likeness (QED) is 0.352. The van der Waals surface area contributed by atoms with Gasteiger partial charge in [0.15, 0.2) is 11.5 Å². The van der Waals surface area contributed by atoms with E-state index in [4.69, 9.17) is 16.0 Å². The fourth-order valence-electron chi connectivity index (χ4n) is 4.19. The minimum absolute atomic E-state index is 0.0287. The van der Waals surface area contributed by atoms with Crippen molar-refractivity contribution in [2.24, 2.45) is 0 Å². The maximum absolute atomic E-state index is 13.6. The number of Topliss-reactive ketones (excluding diaryl/α,β-unsaturated/α-hetero) is 1. The molecule has 0 bridgehead atoms. The highest BCUT2D eigenvalue weighted by molar-refractivity contribution is 6.31. The first-order valence-electron chi connectivity index (χ1n) is 10.4. The van der Waals surface area contributed by atoms with Crippen LogP contribution in [0, 0.1) is 0 Å². The highest BCUT2D eigenvalue weighted by atomic mass is 35.5. The SMILES string of the molecule is O=C(C1=C(O)C(=O)N(c2nc3ccccc3[nH]2)C1c1ccccn1)c1cc2cc(Cl)ccc2o1. The van der Waals surface area contributed by atoms with E-state index in [0.717, 1.165) is 0 Å². The minimum Gasteiger partial charge on any atom is -0.503 e. The number of H-pyrrole nitrogens is 1. The fraction of sp³-hybridized carbons (Fsp3) is 0.0400. The van der Waals surface area contributed by atoms with Crippen molar-refractivity contribution in [1.29, 1.82) is 0 Å². The Hall–Kier alpha value is -4.43. The number of fused-ring (bicyclic) bond motifs is 2. The molecule has 1 amide bonds. The molecule has 34 heavy (non-hydrogen) atoms. The maximum atomic E-state index is 13.6. The zero-order valence-corrected chi connectivity index (χ0v) is 18.2. The van der Waals surface area contributed by atoms with E-state index < -0.39 is 23.5 Å². The first kappa shape index (κ1) is 20.2. The zero-order chi connectivity index (χ0) is 23.4. The number of aliphatic hydroxyl groups excluding tert-OH is 1. The number of para-hydroxylation sites is 2. The number of halogens is 1. The van der Waals surface area contributed by atoms with Crippen LogP contribution in [0.5, 0.6) is 0 Å². The van der Waals surface area contributed by atoms with Crippen LogP contribution in [0.15, 0.2) is 88.7 Å². The number of carbonyl (C=O) groups is 2. The number of pyridine rings is 1. The summed E-state index contributed by atoms with van der Waals surface area (Å²) in [5.41, 5.74) is 2.05. The summed E-state index contributed by atoms with van der Waals surface area (Å²) < 4.78 is 5.73. The van der Waals surface area contributed by atoms with Crippen molar-refractivity contribution in [2.45, 2.75) is 6.04 Å². The molecule has 3 aromatic heterocycles. The van der Waals surface area contributed by atoms with Gasteiger partial charge in [0.25, 0.3) is 5.91 Å². The monoisotopic (exact) mass is 470 g/mol. The number of aromatic amines is 1. The second kappa shape index (κ2) is 7.57. The molecule has 1 atom stereocenters. The number of benzene rings is 2. The van der Waals surface area contributed by atoms with Gasteiger partial charge in [0.05, 0.1) is 22.3 Å². The summed E-state index contributed by atoms with van der Waals surface area (Å²) in [4.78, 5) is 40.1. The highest BCUT2D eigenvalue weighted by Gasteiger charge is 2.47. The van der Waals surface area contributed by atoms with E-state index in [-0.39, 0.29) is 17.3 Å². The van der Waals surface area contributed by atoms with E-state index in [2.05, 4.69) is 15.0 Å². The minimum atomic E-state index is -1.02. The van der Waals surface area contributed by atoms with Gasteiger partial charge < -0.3 is 14.5 Å². The standard InChI is InChI=1S/C25H15ClN4O4/c26-14-8-9-18-13(11-14)12-19(34-18)22(31)20-21(17-7-3-4-10-27-17)30(24(33)23(20)32)25-28-15-5-1-2-6-16(15)29-25/h1-12,21,32H,(H,28,29). The van der Waals surface area contributed by atoms with Gasteiger partial charge in [0, 0.05) is 16.6 Å². The molecule has 2 N–H and O–H groups in total. The second-order valence-corrected chi connectivity index (χ2v) is 8.23. The molecule has 0 saturated heterocycles. The predicted octanol–water partition coefficient (Wildman–Crippen LogP) is 5.14. The lowest BCUT2D eigenvalue weighted by Gasteiger charge is -2.23. The normalized spacial score (nSPS) is 16.2. The van der Waals surface area contributed by atoms with Crippen LogP contribution in [-0.2, 0) is 4.79 Å². The van der Waals surface area contributed by atoms with Crippen LogP contribution in [0.2, 0.25) is 5.02 Å². The molecule has 166 valence electrons. The Bertz CT molecular complexity index is 1600. The number of hydrogen-bond acceptors (Lipinski definition) is 6. The molecule has 4 heterocycles. The number of rotatable bonds is 4. The third-order valence-corrected chi connectivity index (χ3v) is 5.96. The molecular formula is C25H15ClN4O4. The molecule has 0 aliphatic carbocycles. The molecule has 9 heteroatoms. The Balaban J connectivity index is 1.50. The lowest BCUT2D eigenvalue weighted by Crippen LogP contribution is -2.32. The molecule has 1 unspecified atom stereocenters. The van der Waals surface area contributed by atoms with Gasteiger partial charge in [-0.1, -0.05) is 29.8 Å². The Morgan fingerprint density at radius 3 is 2.71 bits per heavy atom. The van der Waals surface area contributed by atoms with Gasteiger partial charge in [-0.25, -0.2) is 4.98 Å². The van der Waals surface area contributed by atoms with Crippen LogP contribution in [0.3, 0.4) is 0 Å². The van der Waals surface area contributed by atoms with Crippen LogP contribution in [0.4, 0.5) is 5.95 Å². The largest absolute Gasteiger partial charge is 0.503 e. The van der Waals surface area contributed by atoms with Gasteiger partial charge in [-0.2, -0.15) is 0 Å². The number of anilines is 1. The Morgan fingerprint density at radius 2 is 1.91 bits per heavy atom. The molecule has 1 aliphatic rings. The van der Waals surface area contributed by atoms with Gasteiger partial charge in [-0.05, 0) is 48.5 Å². The number of carbonyl (C=O) groups excluding carboxylic acids is 2. The first-order chi connectivity index (χ1) is 16.5. The number of aromatic nitrogens is 3. The first-order valence-corrected chi connectivity index (χ1v) is 10.8. The average Bonchev–Trinajstić information content (AvgIpc) is 3.53. The van der Waals surface area contributed by atoms with Crippen LogP contribution in [-0.4, -0.2) is 31.7 Å². The Morgan fingerprint density at radius 1 is 1.09 bits per heavy atom. The third-order valence-electron chi connectivity index (χ3n) is 5.73. The molecule has 0 fully saturated rings. The molecule has 0 saturated carbocycles. The summed E-state index contributed by atoms with van der Waals surface area (Å²) in [5, 5.41) is 12.0. The van der Waals surface area contributed by atoms with Crippen molar-refractivity contribution < 1.29 is 19.1 Å². The van der Waals surface area contributed by atoms with Gasteiger partial charge in [0.2, 0.25) is 11.7 Å². The summed E-state index contributed by atoms with van der Waals surface area (Å²) in [5.74, 6) is -1.92. The Kier molecular flexibility index (Phi) is 4.50. The maximum Gasteiger partial charge on any atom is 0.296 e. The number of ketones is 1. The van der Waals surface area contributed by atoms with E-state index in [1.165, 1.54) is 11.0 Å². The summed E-state index contributed by atoms with van der Waals surface area (Å²) in [6.45, 7) is 0. The van der Waals surface area contributed by atoms with E-state index >= 15 is 0 Å². The molecule has 8 nitrogen and oxygen atoms in total. The van der Waals surface area contributed by atoms with Gasteiger partial charge >= 0.3 is 0 Å². The topological polar surface area (TPSA) is 112 Å². The molecule has 6 rings (SSSR count). The van der Waals surface area contributed by atoms with Gasteiger partial charge in [-0.3, -0.25) is 19.5 Å².